The maximum atomic E-state index is 12.5. The van der Waals surface area contributed by atoms with Gasteiger partial charge in [-0.25, -0.2) is 0 Å². The smallest absolute Gasteiger partial charge is 0.260 e. The van der Waals surface area contributed by atoms with Gasteiger partial charge in [-0.2, -0.15) is 4.68 Å². The van der Waals surface area contributed by atoms with E-state index in [-0.39, 0.29) is 12.5 Å². The largest absolute Gasteiger partial charge is 0.494 e. The molecule has 32 heavy (non-hydrogen) atoms. The Morgan fingerprint density at radius 2 is 1.62 bits per heavy atom. The van der Waals surface area contributed by atoms with Crippen LogP contribution >= 0.6 is 11.6 Å². The normalized spacial score (nSPS) is 14.4. The van der Waals surface area contributed by atoms with Crippen LogP contribution in [-0.4, -0.2) is 75.3 Å². The third kappa shape index (κ3) is 5.54. The van der Waals surface area contributed by atoms with Crippen molar-refractivity contribution in [2.24, 2.45) is 0 Å². The molecule has 2 aromatic carbocycles. The Balaban J connectivity index is 1.25. The second kappa shape index (κ2) is 10.4. The molecule has 1 fully saturated rings. The molecule has 1 aliphatic rings. The van der Waals surface area contributed by atoms with E-state index in [1.165, 1.54) is 0 Å². The number of benzene rings is 2. The van der Waals surface area contributed by atoms with E-state index in [9.17, 15) is 4.79 Å². The molecule has 1 aromatic heterocycles. The number of halogens is 1. The summed E-state index contributed by atoms with van der Waals surface area (Å²) in [6, 6.07) is 14.7. The van der Waals surface area contributed by atoms with Gasteiger partial charge in [0.15, 0.2) is 12.4 Å². The maximum Gasteiger partial charge on any atom is 0.260 e. The van der Waals surface area contributed by atoms with Crippen molar-refractivity contribution in [1.29, 1.82) is 0 Å². The van der Waals surface area contributed by atoms with E-state index in [1.54, 1.807) is 16.8 Å². The molecule has 0 N–H and O–H groups in total. The van der Waals surface area contributed by atoms with E-state index in [0.717, 1.165) is 30.4 Å². The minimum atomic E-state index is -0.0236. The quantitative estimate of drug-likeness (QED) is 0.514. The van der Waals surface area contributed by atoms with Gasteiger partial charge in [-0.3, -0.25) is 9.69 Å². The Kier molecular flexibility index (Phi) is 7.18. The van der Waals surface area contributed by atoms with Crippen LogP contribution in [0.3, 0.4) is 0 Å². The van der Waals surface area contributed by atoms with Gasteiger partial charge in [0.25, 0.3) is 5.91 Å². The van der Waals surface area contributed by atoms with Crippen LogP contribution in [0.5, 0.6) is 11.5 Å². The molecule has 1 amide bonds. The van der Waals surface area contributed by atoms with Crippen molar-refractivity contribution in [2.45, 2.75) is 13.5 Å². The number of amides is 1. The minimum Gasteiger partial charge on any atom is -0.494 e. The molecule has 0 atom stereocenters. The average Bonchev–Trinajstić information content (AvgIpc) is 3.27. The number of hydrogen-bond donors (Lipinski definition) is 0. The highest BCUT2D eigenvalue weighted by atomic mass is 35.5. The van der Waals surface area contributed by atoms with Crippen LogP contribution in [0.4, 0.5) is 0 Å². The van der Waals surface area contributed by atoms with Crippen LogP contribution in [0, 0.1) is 0 Å². The second-order valence-corrected chi connectivity index (χ2v) is 7.77. The molecule has 0 spiro atoms. The molecular formula is C22H25ClN6O3. The molecule has 0 aliphatic carbocycles. The summed E-state index contributed by atoms with van der Waals surface area (Å²) in [5.74, 6) is 2.15. The van der Waals surface area contributed by atoms with Crippen LogP contribution in [0.1, 0.15) is 12.7 Å². The first-order valence-corrected chi connectivity index (χ1v) is 10.9. The summed E-state index contributed by atoms with van der Waals surface area (Å²) in [6.45, 7) is 5.90. The molecule has 1 saturated heterocycles. The Morgan fingerprint density at radius 1 is 0.969 bits per heavy atom. The van der Waals surface area contributed by atoms with Gasteiger partial charge in [-0.15, -0.1) is 5.10 Å². The number of hydrogen-bond acceptors (Lipinski definition) is 7. The van der Waals surface area contributed by atoms with Gasteiger partial charge in [0.05, 0.1) is 18.8 Å². The molecular weight excluding hydrogens is 432 g/mol. The standard InChI is InChI=1S/C22H25ClN6O3/c1-2-31-19-7-9-20(10-8-19)32-16-22(30)28-13-11-27(12-14-28)15-21-24-25-26-29(21)18-5-3-17(23)4-6-18/h3-10H,2,11-16H2,1H3. The highest BCUT2D eigenvalue weighted by Gasteiger charge is 2.23. The van der Waals surface area contributed by atoms with Gasteiger partial charge in [-0.1, -0.05) is 11.6 Å². The Labute approximate surface area is 191 Å². The van der Waals surface area contributed by atoms with Crippen LogP contribution in [0.25, 0.3) is 5.69 Å². The van der Waals surface area contributed by atoms with Gasteiger partial charge in [0.2, 0.25) is 0 Å². The van der Waals surface area contributed by atoms with E-state index in [1.807, 2.05) is 48.2 Å². The number of carbonyl (C=O) groups is 1. The van der Waals surface area contributed by atoms with Crippen molar-refractivity contribution < 1.29 is 14.3 Å². The van der Waals surface area contributed by atoms with Gasteiger partial charge < -0.3 is 14.4 Å². The zero-order valence-corrected chi connectivity index (χ0v) is 18.6. The zero-order valence-electron chi connectivity index (χ0n) is 17.9. The van der Waals surface area contributed by atoms with E-state index in [0.29, 0.717) is 37.0 Å². The molecule has 0 bridgehead atoms. The van der Waals surface area contributed by atoms with E-state index < -0.39 is 0 Å². The number of aromatic nitrogens is 4. The van der Waals surface area contributed by atoms with Crippen LogP contribution in [0.2, 0.25) is 5.02 Å². The first-order chi connectivity index (χ1) is 15.6. The topological polar surface area (TPSA) is 85.6 Å². The fraction of sp³-hybridized carbons (Fsp3) is 0.364. The Bertz CT molecular complexity index is 1020. The lowest BCUT2D eigenvalue weighted by atomic mass is 10.3. The van der Waals surface area contributed by atoms with Crippen LogP contribution in [0.15, 0.2) is 48.5 Å². The highest BCUT2D eigenvalue weighted by Crippen LogP contribution is 2.18. The van der Waals surface area contributed by atoms with Gasteiger partial charge >= 0.3 is 0 Å². The van der Waals surface area contributed by atoms with Crippen LogP contribution < -0.4 is 9.47 Å². The summed E-state index contributed by atoms with van der Waals surface area (Å²) in [6.07, 6.45) is 0. The van der Waals surface area contributed by atoms with Crippen molar-refractivity contribution in [3.8, 4) is 17.2 Å². The predicted octanol–water partition coefficient (Wildman–Crippen LogP) is 2.44. The molecule has 1 aliphatic heterocycles. The summed E-state index contributed by atoms with van der Waals surface area (Å²) in [4.78, 5) is 16.6. The zero-order chi connectivity index (χ0) is 22.3. The third-order valence-electron chi connectivity index (χ3n) is 5.19. The fourth-order valence-electron chi connectivity index (χ4n) is 3.48. The average molecular weight is 457 g/mol. The number of rotatable bonds is 8. The number of piperazine rings is 1. The third-order valence-corrected chi connectivity index (χ3v) is 5.44. The van der Waals surface area contributed by atoms with Crippen molar-refractivity contribution >= 4 is 17.5 Å². The second-order valence-electron chi connectivity index (χ2n) is 7.33. The Morgan fingerprint density at radius 3 is 2.28 bits per heavy atom. The van der Waals surface area contributed by atoms with Crippen molar-refractivity contribution in [1.82, 2.24) is 30.0 Å². The molecule has 0 radical (unpaired) electrons. The molecule has 168 valence electrons. The summed E-state index contributed by atoms with van der Waals surface area (Å²) in [7, 11) is 0. The lowest BCUT2D eigenvalue weighted by molar-refractivity contribution is -0.135. The highest BCUT2D eigenvalue weighted by molar-refractivity contribution is 6.30. The molecule has 9 nitrogen and oxygen atoms in total. The summed E-state index contributed by atoms with van der Waals surface area (Å²) < 4.78 is 12.8. The monoisotopic (exact) mass is 456 g/mol. The van der Waals surface area contributed by atoms with Crippen molar-refractivity contribution in [2.75, 3.05) is 39.4 Å². The first-order valence-electron chi connectivity index (χ1n) is 10.5. The summed E-state index contributed by atoms with van der Waals surface area (Å²) >= 11 is 5.97. The van der Waals surface area contributed by atoms with Gasteiger partial charge in [0, 0.05) is 31.2 Å². The summed E-state index contributed by atoms with van der Waals surface area (Å²) in [5.41, 5.74) is 0.856. The molecule has 0 unspecified atom stereocenters. The molecule has 0 saturated carbocycles. The van der Waals surface area contributed by atoms with Crippen molar-refractivity contribution in [3.63, 3.8) is 0 Å². The predicted molar refractivity (Wildman–Crippen MR) is 119 cm³/mol. The SMILES string of the molecule is CCOc1ccc(OCC(=O)N2CCN(Cc3nnnn3-c3ccc(Cl)cc3)CC2)cc1. The lowest BCUT2D eigenvalue weighted by Gasteiger charge is -2.34. The Hall–Kier alpha value is -3.17. The lowest BCUT2D eigenvalue weighted by Crippen LogP contribution is -2.49. The van der Waals surface area contributed by atoms with Gasteiger partial charge in [0.1, 0.15) is 11.5 Å². The maximum absolute atomic E-state index is 12.5. The fourth-order valence-corrected chi connectivity index (χ4v) is 3.60. The number of ether oxygens (including phenoxy) is 2. The summed E-state index contributed by atoms with van der Waals surface area (Å²) in [5, 5.41) is 12.7. The molecule has 10 heteroatoms. The van der Waals surface area contributed by atoms with Crippen molar-refractivity contribution in [3.05, 3.63) is 59.4 Å². The molecule has 2 heterocycles. The number of tetrazole rings is 1. The van der Waals surface area contributed by atoms with Crippen LogP contribution in [-0.2, 0) is 11.3 Å². The molecule has 3 aromatic rings. The minimum absolute atomic E-state index is 0.0167. The van der Waals surface area contributed by atoms with E-state index in [4.69, 9.17) is 21.1 Å². The van der Waals surface area contributed by atoms with Gasteiger partial charge in [-0.05, 0) is 65.9 Å². The molecule has 4 rings (SSSR count). The first kappa shape index (κ1) is 22.0. The van der Waals surface area contributed by atoms with E-state index in [2.05, 4.69) is 20.4 Å². The number of carbonyl (C=O) groups excluding carboxylic acids is 1. The van der Waals surface area contributed by atoms with E-state index >= 15 is 0 Å². The number of nitrogens with zero attached hydrogens (tertiary/aromatic N) is 6.